The van der Waals surface area contributed by atoms with E-state index in [1.165, 1.54) is 6.20 Å². The molecule has 0 radical (unpaired) electrons. The summed E-state index contributed by atoms with van der Waals surface area (Å²) in [6.45, 7) is 4.06. The Balaban J connectivity index is 1.99. The fourth-order valence-electron chi connectivity index (χ4n) is 2.61. The summed E-state index contributed by atoms with van der Waals surface area (Å²) in [5.74, 6) is -0.189. The molecule has 1 aromatic carbocycles. The Morgan fingerprint density at radius 2 is 2.15 bits per heavy atom. The first-order valence-electron chi connectivity index (χ1n) is 6.80. The SMILES string of the molecule is C[C@@H]1CN(C(=O)c2c[nH]c3ccccc3c2=O)CCN1. The number of hydrogen-bond donors (Lipinski definition) is 2. The highest BCUT2D eigenvalue weighted by atomic mass is 16.2. The number of fused-ring (bicyclic) bond motifs is 1. The van der Waals surface area contributed by atoms with Crippen LogP contribution < -0.4 is 10.7 Å². The zero-order valence-corrected chi connectivity index (χ0v) is 11.3. The number of carbonyl (C=O) groups is 1. The lowest BCUT2D eigenvalue weighted by atomic mass is 10.1. The van der Waals surface area contributed by atoms with E-state index in [1.54, 1.807) is 17.0 Å². The quantitative estimate of drug-likeness (QED) is 0.812. The van der Waals surface area contributed by atoms with Crippen molar-refractivity contribution in [3.8, 4) is 0 Å². The standard InChI is InChI=1S/C15H17N3O2/c1-10-9-18(7-6-16-10)15(20)12-8-17-13-5-3-2-4-11(13)14(12)19/h2-5,8,10,16H,6-7,9H2,1H3,(H,17,19)/t10-/m1/s1. The highest BCUT2D eigenvalue weighted by Crippen LogP contribution is 2.10. The number of piperazine rings is 1. The number of H-pyrrole nitrogens is 1. The predicted octanol–water partition coefficient (Wildman–Crippen LogP) is 0.962. The summed E-state index contributed by atoms with van der Waals surface area (Å²) in [5, 5.41) is 3.84. The molecule has 1 aromatic heterocycles. The predicted molar refractivity (Wildman–Crippen MR) is 77.9 cm³/mol. The molecule has 0 spiro atoms. The monoisotopic (exact) mass is 271 g/mol. The molecule has 0 bridgehead atoms. The lowest BCUT2D eigenvalue weighted by Crippen LogP contribution is -2.52. The molecule has 1 aliphatic heterocycles. The van der Waals surface area contributed by atoms with Crippen molar-refractivity contribution in [2.75, 3.05) is 19.6 Å². The molecule has 2 aromatic rings. The number of nitrogens with zero attached hydrogens (tertiary/aromatic N) is 1. The van der Waals surface area contributed by atoms with Gasteiger partial charge >= 0.3 is 0 Å². The van der Waals surface area contributed by atoms with Gasteiger partial charge in [-0.3, -0.25) is 9.59 Å². The average Bonchev–Trinajstić information content (AvgIpc) is 2.47. The van der Waals surface area contributed by atoms with Crippen molar-refractivity contribution in [3.63, 3.8) is 0 Å². The second-order valence-electron chi connectivity index (χ2n) is 5.18. The number of rotatable bonds is 1. The van der Waals surface area contributed by atoms with E-state index in [0.29, 0.717) is 18.5 Å². The Morgan fingerprint density at radius 3 is 2.95 bits per heavy atom. The van der Waals surface area contributed by atoms with Crippen LogP contribution in [0.4, 0.5) is 0 Å². The van der Waals surface area contributed by atoms with Crippen LogP contribution >= 0.6 is 0 Å². The molecule has 0 saturated carbocycles. The maximum absolute atomic E-state index is 12.5. The lowest BCUT2D eigenvalue weighted by Gasteiger charge is -2.31. The Morgan fingerprint density at radius 1 is 1.35 bits per heavy atom. The third kappa shape index (κ3) is 2.20. The van der Waals surface area contributed by atoms with Gasteiger partial charge in [0.25, 0.3) is 5.91 Å². The van der Waals surface area contributed by atoms with Gasteiger partial charge in [-0.2, -0.15) is 0 Å². The van der Waals surface area contributed by atoms with E-state index in [4.69, 9.17) is 0 Å². The first kappa shape index (κ1) is 12.9. The smallest absolute Gasteiger partial charge is 0.259 e. The molecule has 20 heavy (non-hydrogen) atoms. The van der Waals surface area contributed by atoms with Crippen LogP contribution in [0.25, 0.3) is 10.9 Å². The molecule has 1 atom stereocenters. The summed E-state index contributed by atoms with van der Waals surface area (Å²) >= 11 is 0. The summed E-state index contributed by atoms with van der Waals surface area (Å²) in [5.41, 5.74) is 0.774. The van der Waals surface area contributed by atoms with Gasteiger partial charge in [0.15, 0.2) is 0 Å². The highest BCUT2D eigenvalue weighted by molar-refractivity contribution is 5.97. The van der Waals surface area contributed by atoms with Crippen molar-refractivity contribution in [1.82, 2.24) is 15.2 Å². The van der Waals surface area contributed by atoms with E-state index in [-0.39, 0.29) is 22.9 Å². The minimum atomic E-state index is -0.199. The van der Waals surface area contributed by atoms with Gasteiger partial charge < -0.3 is 15.2 Å². The zero-order valence-electron chi connectivity index (χ0n) is 11.3. The second-order valence-corrected chi connectivity index (χ2v) is 5.18. The molecule has 1 fully saturated rings. The van der Waals surface area contributed by atoms with Crippen LogP contribution in [0, 0.1) is 0 Å². The summed E-state index contributed by atoms with van der Waals surface area (Å²) in [6, 6.07) is 7.49. The van der Waals surface area contributed by atoms with Crippen molar-refractivity contribution < 1.29 is 4.79 Å². The molecule has 1 amide bonds. The topological polar surface area (TPSA) is 65.2 Å². The van der Waals surface area contributed by atoms with E-state index in [9.17, 15) is 9.59 Å². The number of nitrogens with one attached hydrogen (secondary N) is 2. The molecule has 1 aliphatic rings. The number of benzene rings is 1. The molecule has 0 unspecified atom stereocenters. The van der Waals surface area contributed by atoms with E-state index in [2.05, 4.69) is 10.3 Å². The maximum Gasteiger partial charge on any atom is 0.259 e. The Bertz CT molecular complexity index is 708. The molecule has 5 nitrogen and oxygen atoms in total. The lowest BCUT2D eigenvalue weighted by molar-refractivity contribution is 0.0707. The van der Waals surface area contributed by atoms with Gasteiger partial charge in [-0.25, -0.2) is 0 Å². The third-order valence-electron chi connectivity index (χ3n) is 3.67. The molecule has 104 valence electrons. The largest absolute Gasteiger partial charge is 0.360 e. The first-order chi connectivity index (χ1) is 9.66. The number of para-hydroxylation sites is 1. The van der Waals surface area contributed by atoms with Crippen LogP contribution in [0.3, 0.4) is 0 Å². The van der Waals surface area contributed by atoms with Crippen LogP contribution in [-0.4, -0.2) is 41.5 Å². The van der Waals surface area contributed by atoms with Gasteiger partial charge in [-0.05, 0) is 19.1 Å². The van der Waals surface area contributed by atoms with Gasteiger partial charge in [-0.1, -0.05) is 12.1 Å². The number of carbonyl (C=O) groups excluding carboxylic acids is 1. The van der Waals surface area contributed by atoms with E-state index in [1.807, 2.05) is 19.1 Å². The maximum atomic E-state index is 12.5. The Kier molecular flexibility index (Phi) is 3.28. The van der Waals surface area contributed by atoms with Crippen LogP contribution in [0.5, 0.6) is 0 Å². The average molecular weight is 271 g/mol. The third-order valence-corrected chi connectivity index (χ3v) is 3.67. The second kappa shape index (κ2) is 5.09. The number of amides is 1. The van der Waals surface area contributed by atoms with Crippen molar-refractivity contribution >= 4 is 16.8 Å². The van der Waals surface area contributed by atoms with Gasteiger partial charge in [0.2, 0.25) is 5.43 Å². The molecular weight excluding hydrogens is 254 g/mol. The van der Waals surface area contributed by atoms with Gasteiger partial charge in [-0.15, -0.1) is 0 Å². The van der Waals surface area contributed by atoms with E-state index in [0.717, 1.165) is 12.1 Å². The van der Waals surface area contributed by atoms with E-state index >= 15 is 0 Å². The molecule has 1 saturated heterocycles. The highest BCUT2D eigenvalue weighted by Gasteiger charge is 2.23. The van der Waals surface area contributed by atoms with Gasteiger partial charge in [0, 0.05) is 42.8 Å². The summed E-state index contributed by atoms with van der Waals surface area (Å²) in [7, 11) is 0. The zero-order chi connectivity index (χ0) is 14.1. The van der Waals surface area contributed by atoms with Gasteiger partial charge in [0.05, 0.1) is 0 Å². The van der Waals surface area contributed by atoms with Crippen molar-refractivity contribution in [2.45, 2.75) is 13.0 Å². The number of aromatic nitrogens is 1. The van der Waals surface area contributed by atoms with Crippen molar-refractivity contribution in [2.24, 2.45) is 0 Å². The number of hydrogen-bond acceptors (Lipinski definition) is 3. The molecule has 2 heterocycles. The molecule has 3 rings (SSSR count). The normalized spacial score (nSPS) is 19.2. The van der Waals surface area contributed by atoms with Crippen molar-refractivity contribution in [1.29, 1.82) is 0 Å². The fraction of sp³-hybridized carbons (Fsp3) is 0.333. The first-order valence-corrected chi connectivity index (χ1v) is 6.80. The Hall–Kier alpha value is -2.14. The minimum absolute atomic E-state index is 0.189. The number of aromatic amines is 1. The summed E-state index contributed by atoms with van der Waals surface area (Å²) in [6.07, 6.45) is 1.53. The Labute approximate surface area is 116 Å². The molecule has 5 heteroatoms. The molecule has 2 N–H and O–H groups in total. The minimum Gasteiger partial charge on any atom is -0.360 e. The summed E-state index contributed by atoms with van der Waals surface area (Å²) < 4.78 is 0. The fourth-order valence-corrected chi connectivity index (χ4v) is 2.61. The van der Waals surface area contributed by atoms with Crippen LogP contribution in [0.2, 0.25) is 0 Å². The van der Waals surface area contributed by atoms with Gasteiger partial charge in [0.1, 0.15) is 5.56 Å². The van der Waals surface area contributed by atoms with Crippen molar-refractivity contribution in [3.05, 3.63) is 46.2 Å². The summed E-state index contributed by atoms with van der Waals surface area (Å²) in [4.78, 5) is 29.7. The van der Waals surface area contributed by atoms with Crippen LogP contribution in [-0.2, 0) is 0 Å². The molecular formula is C15H17N3O2. The molecule has 0 aliphatic carbocycles. The van der Waals surface area contributed by atoms with Crippen LogP contribution in [0.1, 0.15) is 17.3 Å². The van der Waals surface area contributed by atoms with Crippen LogP contribution in [0.15, 0.2) is 35.3 Å². The number of pyridine rings is 1. The van der Waals surface area contributed by atoms with E-state index < -0.39 is 0 Å².